The number of rotatable bonds is 3. The van der Waals surface area contributed by atoms with Crippen LogP contribution in [0.15, 0.2) is 35.9 Å². The van der Waals surface area contributed by atoms with Gasteiger partial charge in [0, 0.05) is 17.7 Å². The van der Waals surface area contributed by atoms with Gasteiger partial charge in [-0.25, -0.2) is 0 Å². The first-order valence-corrected chi connectivity index (χ1v) is 10.6. The molecule has 2 heterocycles. The molecule has 0 amide bonds. The number of ketones is 1. The summed E-state index contributed by atoms with van der Waals surface area (Å²) >= 11 is 0. The van der Waals surface area contributed by atoms with E-state index in [1.165, 1.54) is 6.07 Å². The molecule has 170 valence electrons. The van der Waals surface area contributed by atoms with Gasteiger partial charge in [0.1, 0.15) is 52.5 Å². The first kappa shape index (κ1) is 22.2. The number of hydrogen-bond donors (Lipinski definition) is 4. The fourth-order valence-electron chi connectivity index (χ4n) is 4.22. The van der Waals surface area contributed by atoms with Crippen LogP contribution < -0.4 is 9.47 Å². The van der Waals surface area contributed by atoms with Crippen molar-refractivity contribution in [1.29, 1.82) is 0 Å². The second-order valence-electron chi connectivity index (χ2n) is 9.25. The third-order valence-electron chi connectivity index (χ3n) is 6.00. The maximum atomic E-state index is 12.7. The molecule has 0 aromatic heterocycles. The summed E-state index contributed by atoms with van der Waals surface area (Å²) in [6.07, 6.45) is -0.436. The lowest BCUT2D eigenvalue weighted by atomic mass is 9.84. The lowest BCUT2D eigenvalue weighted by Crippen LogP contribution is -2.49. The molecule has 0 saturated carbocycles. The molecular formula is C25H28O7. The van der Waals surface area contributed by atoms with Crippen LogP contribution in [0.5, 0.6) is 23.0 Å². The largest absolute Gasteiger partial charge is 0.508 e. The number of Topliss-reactive ketones (excluding diaryl/α,β-unsaturated/α-hetero) is 1. The average molecular weight is 440 g/mol. The summed E-state index contributed by atoms with van der Waals surface area (Å²) in [4.78, 5) is 12.7. The molecule has 7 heteroatoms. The highest BCUT2D eigenvalue weighted by Crippen LogP contribution is 2.46. The minimum atomic E-state index is -1.17. The van der Waals surface area contributed by atoms with E-state index in [4.69, 9.17) is 9.47 Å². The number of ether oxygens (including phenoxy) is 2. The highest BCUT2D eigenvalue weighted by Gasteiger charge is 2.43. The molecular weight excluding hydrogens is 412 g/mol. The van der Waals surface area contributed by atoms with E-state index in [1.54, 1.807) is 19.9 Å². The topological polar surface area (TPSA) is 116 Å². The third kappa shape index (κ3) is 3.82. The zero-order valence-corrected chi connectivity index (χ0v) is 18.5. The first-order valence-electron chi connectivity index (χ1n) is 10.6. The van der Waals surface area contributed by atoms with Gasteiger partial charge in [0.2, 0.25) is 0 Å². The Labute approximate surface area is 186 Å². The Morgan fingerprint density at radius 3 is 2.56 bits per heavy atom. The van der Waals surface area contributed by atoms with Gasteiger partial charge in [0.25, 0.3) is 0 Å². The Morgan fingerprint density at radius 1 is 1.16 bits per heavy atom. The van der Waals surface area contributed by atoms with Crippen molar-refractivity contribution in [2.75, 3.05) is 0 Å². The van der Waals surface area contributed by atoms with Crippen molar-refractivity contribution >= 4 is 5.78 Å². The number of aliphatic hydroxyl groups is 2. The van der Waals surface area contributed by atoms with Gasteiger partial charge in [0.15, 0.2) is 5.78 Å². The highest BCUT2D eigenvalue weighted by atomic mass is 16.5. The van der Waals surface area contributed by atoms with E-state index < -0.39 is 23.9 Å². The third-order valence-corrected chi connectivity index (χ3v) is 6.00. The molecule has 0 saturated heterocycles. The van der Waals surface area contributed by atoms with Crippen LogP contribution in [0.25, 0.3) is 0 Å². The molecule has 2 unspecified atom stereocenters. The van der Waals surface area contributed by atoms with Crippen LogP contribution in [0.4, 0.5) is 0 Å². The van der Waals surface area contributed by atoms with Crippen molar-refractivity contribution in [2.24, 2.45) is 0 Å². The van der Waals surface area contributed by atoms with Gasteiger partial charge in [-0.05, 0) is 57.4 Å². The van der Waals surface area contributed by atoms with Crippen molar-refractivity contribution in [1.82, 2.24) is 0 Å². The van der Waals surface area contributed by atoms with Crippen molar-refractivity contribution in [3.05, 3.63) is 58.2 Å². The number of allylic oxidation sites excluding steroid dienone is 2. The number of aromatic hydroxyl groups is 2. The number of phenolic OH excluding ortho intramolecular Hbond substituents is 2. The fraction of sp³-hybridized carbons (Fsp3) is 0.400. The predicted molar refractivity (Wildman–Crippen MR) is 117 cm³/mol. The molecule has 32 heavy (non-hydrogen) atoms. The number of aliphatic hydroxyl groups excluding tert-OH is 2. The molecule has 7 nitrogen and oxygen atoms in total. The van der Waals surface area contributed by atoms with Gasteiger partial charge < -0.3 is 29.9 Å². The second-order valence-corrected chi connectivity index (χ2v) is 9.25. The van der Waals surface area contributed by atoms with Crippen molar-refractivity contribution in [3.8, 4) is 23.0 Å². The maximum Gasteiger partial charge on any atom is 0.174 e. The molecule has 0 fully saturated rings. The molecule has 2 aromatic carbocycles. The van der Waals surface area contributed by atoms with E-state index in [1.807, 2.05) is 26.0 Å². The summed E-state index contributed by atoms with van der Waals surface area (Å²) in [6, 6.07) is 5.97. The molecule has 2 aromatic rings. The summed E-state index contributed by atoms with van der Waals surface area (Å²) < 4.78 is 12.1. The highest BCUT2D eigenvalue weighted by molar-refractivity contribution is 6.02. The van der Waals surface area contributed by atoms with Crippen LogP contribution in [0, 0.1) is 0 Å². The van der Waals surface area contributed by atoms with E-state index in [9.17, 15) is 25.2 Å². The van der Waals surface area contributed by atoms with Gasteiger partial charge >= 0.3 is 0 Å². The summed E-state index contributed by atoms with van der Waals surface area (Å²) in [5.41, 5.74) is 2.06. The number of carbonyl (C=O) groups is 1. The van der Waals surface area contributed by atoms with E-state index in [0.717, 1.165) is 17.2 Å². The molecule has 4 rings (SSSR count). The molecule has 2 aliphatic rings. The zero-order chi connectivity index (χ0) is 23.4. The molecule has 4 N–H and O–H groups in total. The Hall–Kier alpha value is -3.03. The average Bonchev–Trinajstić information content (AvgIpc) is 2.69. The molecule has 0 radical (unpaired) electrons. The molecule has 0 bridgehead atoms. The van der Waals surface area contributed by atoms with Crippen LogP contribution >= 0.6 is 0 Å². The zero-order valence-electron chi connectivity index (χ0n) is 18.5. The number of benzene rings is 2. The smallest absolute Gasteiger partial charge is 0.174 e. The minimum Gasteiger partial charge on any atom is -0.508 e. The van der Waals surface area contributed by atoms with Gasteiger partial charge in [-0.3, -0.25) is 4.79 Å². The van der Waals surface area contributed by atoms with E-state index in [0.29, 0.717) is 23.3 Å². The first-order chi connectivity index (χ1) is 15.0. The van der Waals surface area contributed by atoms with E-state index in [2.05, 4.69) is 0 Å². The summed E-state index contributed by atoms with van der Waals surface area (Å²) in [6.45, 7) is 7.42. The summed E-state index contributed by atoms with van der Waals surface area (Å²) in [5, 5.41) is 41.3. The molecule has 0 spiro atoms. The second kappa shape index (κ2) is 7.83. The SMILES string of the molecule is CC(C)=CCc1cc([C@@H]2CC(=O)c3c(O)cc(O)cc3O2)cc2c1OC(C)(C)C(O)C2O. The Bertz CT molecular complexity index is 1110. The van der Waals surface area contributed by atoms with Crippen LogP contribution in [0.3, 0.4) is 0 Å². The monoisotopic (exact) mass is 440 g/mol. The van der Waals surface area contributed by atoms with E-state index in [-0.39, 0.29) is 35.0 Å². The van der Waals surface area contributed by atoms with Gasteiger partial charge in [-0.15, -0.1) is 0 Å². The Kier molecular flexibility index (Phi) is 5.43. The number of fused-ring (bicyclic) bond motifs is 2. The van der Waals surface area contributed by atoms with Crippen LogP contribution in [-0.2, 0) is 6.42 Å². The Morgan fingerprint density at radius 2 is 1.88 bits per heavy atom. The van der Waals surface area contributed by atoms with Gasteiger partial charge in [-0.2, -0.15) is 0 Å². The van der Waals surface area contributed by atoms with Crippen LogP contribution in [0.2, 0.25) is 0 Å². The molecule has 3 atom stereocenters. The van der Waals surface area contributed by atoms with Crippen molar-refractivity contribution in [2.45, 2.75) is 64.4 Å². The standard InChI is InChI=1S/C25H28O7/c1-12(2)5-6-13-7-14(8-16-22(29)24(30)25(3,4)32-23(13)16)19-11-18(28)21-17(27)9-15(26)10-20(21)31-19/h5,7-10,19,22,24,26-27,29-30H,6,11H2,1-4H3/t19-,22?,24?/m0/s1. The lowest BCUT2D eigenvalue weighted by Gasteiger charge is -2.41. The fourth-order valence-corrected chi connectivity index (χ4v) is 4.22. The van der Waals surface area contributed by atoms with Crippen LogP contribution in [0.1, 0.15) is 73.4 Å². The van der Waals surface area contributed by atoms with Gasteiger partial charge in [0.05, 0.1) is 6.42 Å². The number of phenols is 2. The van der Waals surface area contributed by atoms with Crippen LogP contribution in [-0.4, -0.2) is 37.9 Å². The molecule has 2 aliphatic heterocycles. The quantitative estimate of drug-likeness (QED) is 0.535. The van der Waals surface area contributed by atoms with E-state index >= 15 is 0 Å². The minimum absolute atomic E-state index is 0.0167. The van der Waals surface area contributed by atoms with Crippen molar-refractivity contribution < 1.29 is 34.7 Å². The number of hydrogen-bond acceptors (Lipinski definition) is 7. The predicted octanol–water partition coefficient (Wildman–Crippen LogP) is 3.88. The lowest BCUT2D eigenvalue weighted by molar-refractivity contribution is -0.112. The normalized spacial score (nSPS) is 23.4. The van der Waals surface area contributed by atoms with Crippen molar-refractivity contribution in [3.63, 3.8) is 0 Å². The van der Waals surface area contributed by atoms with Gasteiger partial charge in [-0.1, -0.05) is 11.6 Å². The number of carbonyl (C=O) groups excluding carboxylic acids is 1. The summed E-state index contributed by atoms with van der Waals surface area (Å²) in [5.74, 6) is -0.224. The Balaban J connectivity index is 1.81. The maximum absolute atomic E-state index is 12.7. The summed E-state index contributed by atoms with van der Waals surface area (Å²) in [7, 11) is 0. The molecule has 0 aliphatic carbocycles.